The third-order valence-electron chi connectivity index (χ3n) is 3.67. The molecule has 1 aromatic heterocycles. The molecule has 1 aliphatic heterocycles. The van der Waals surface area contributed by atoms with Crippen molar-refractivity contribution in [2.45, 2.75) is 19.5 Å². The van der Waals surface area contributed by atoms with Crippen molar-refractivity contribution in [1.29, 1.82) is 0 Å². The Labute approximate surface area is 127 Å². The van der Waals surface area contributed by atoms with E-state index < -0.39 is 0 Å². The van der Waals surface area contributed by atoms with Crippen LogP contribution in [0.5, 0.6) is 0 Å². The van der Waals surface area contributed by atoms with Crippen LogP contribution < -0.4 is 0 Å². The van der Waals surface area contributed by atoms with E-state index in [0.29, 0.717) is 24.8 Å². The number of nitrogens with zero attached hydrogens (tertiary/aromatic N) is 2. The van der Waals surface area contributed by atoms with Gasteiger partial charge in [-0.15, -0.1) is 0 Å². The number of benzene rings is 1. The largest absolute Gasteiger partial charge is 0.378 e. The van der Waals surface area contributed by atoms with Gasteiger partial charge < -0.3 is 9.72 Å². The van der Waals surface area contributed by atoms with Gasteiger partial charge in [-0.05, 0) is 24.6 Å². The number of aromatic amines is 1. The second-order valence-corrected chi connectivity index (χ2v) is 5.66. The van der Waals surface area contributed by atoms with Gasteiger partial charge in [-0.25, -0.2) is 9.37 Å². The zero-order chi connectivity index (χ0) is 14.8. The average molecular weight is 310 g/mol. The Kier molecular flexibility index (Phi) is 4.24. The van der Waals surface area contributed by atoms with Crippen LogP contribution in [0.25, 0.3) is 0 Å². The molecule has 2 aromatic rings. The summed E-state index contributed by atoms with van der Waals surface area (Å²) in [5.74, 6) is 0.578. The van der Waals surface area contributed by atoms with E-state index in [0.717, 1.165) is 23.6 Å². The molecule has 3 rings (SSSR count). The van der Waals surface area contributed by atoms with Gasteiger partial charge in [0, 0.05) is 30.0 Å². The molecule has 1 aromatic carbocycles. The van der Waals surface area contributed by atoms with Crippen LogP contribution in [-0.4, -0.2) is 34.6 Å². The van der Waals surface area contributed by atoms with Crippen LogP contribution in [0.1, 0.15) is 23.1 Å². The summed E-state index contributed by atoms with van der Waals surface area (Å²) in [7, 11) is 0. The van der Waals surface area contributed by atoms with Crippen LogP contribution in [-0.2, 0) is 11.3 Å². The molecule has 0 unspecified atom stereocenters. The zero-order valence-corrected chi connectivity index (χ0v) is 12.5. The number of morpholine rings is 1. The van der Waals surface area contributed by atoms with E-state index in [2.05, 4.69) is 14.9 Å². The van der Waals surface area contributed by atoms with Crippen LogP contribution in [0.15, 0.2) is 24.4 Å². The van der Waals surface area contributed by atoms with Crippen molar-refractivity contribution in [2.75, 3.05) is 19.8 Å². The minimum Gasteiger partial charge on any atom is -0.378 e. The summed E-state index contributed by atoms with van der Waals surface area (Å²) in [4.78, 5) is 9.91. The van der Waals surface area contributed by atoms with E-state index in [4.69, 9.17) is 16.3 Å². The molecule has 1 atom stereocenters. The van der Waals surface area contributed by atoms with Crippen molar-refractivity contribution >= 4 is 11.6 Å². The highest BCUT2D eigenvalue weighted by molar-refractivity contribution is 6.31. The fourth-order valence-electron chi connectivity index (χ4n) is 2.55. The summed E-state index contributed by atoms with van der Waals surface area (Å²) in [5.41, 5.74) is 1.93. The molecule has 1 aliphatic rings. The number of aryl methyl sites for hydroxylation is 1. The highest BCUT2D eigenvalue weighted by atomic mass is 35.5. The van der Waals surface area contributed by atoms with Crippen LogP contribution in [0.3, 0.4) is 0 Å². The molecule has 21 heavy (non-hydrogen) atoms. The Hall–Kier alpha value is -1.43. The van der Waals surface area contributed by atoms with Gasteiger partial charge in [0.1, 0.15) is 11.6 Å². The molecule has 112 valence electrons. The van der Waals surface area contributed by atoms with Gasteiger partial charge in [-0.2, -0.15) is 0 Å². The van der Waals surface area contributed by atoms with Crippen LogP contribution in [0.2, 0.25) is 5.02 Å². The van der Waals surface area contributed by atoms with Crippen LogP contribution in [0, 0.1) is 12.7 Å². The quantitative estimate of drug-likeness (QED) is 0.947. The van der Waals surface area contributed by atoms with E-state index in [-0.39, 0.29) is 11.9 Å². The normalized spacial score (nSPS) is 19.9. The smallest absolute Gasteiger partial charge is 0.126 e. The first-order valence-corrected chi connectivity index (χ1v) is 7.28. The predicted octanol–water partition coefficient (Wildman–Crippen LogP) is 3.08. The molecular formula is C15H17ClFN3O. The zero-order valence-electron chi connectivity index (χ0n) is 11.8. The van der Waals surface area contributed by atoms with E-state index in [1.807, 2.05) is 13.1 Å². The maximum absolute atomic E-state index is 13.1. The third-order valence-corrected chi connectivity index (χ3v) is 4.02. The van der Waals surface area contributed by atoms with Crippen LogP contribution >= 0.6 is 11.6 Å². The molecule has 0 amide bonds. The number of hydrogen-bond donors (Lipinski definition) is 1. The number of hydrogen-bond acceptors (Lipinski definition) is 3. The summed E-state index contributed by atoms with van der Waals surface area (Å²) < 4.78 is 18.7. The van der Waals surface area contributed by atoms with Crippen LogP contribution in [0.4, 0.5) is 4.39 Å². The van der Waals surface area contributed by atoms with Crippen molar-refractivity contribution in [2.24, 2.45) is 0 Å². The molecule has 4 nitrogen and oxygen atoms in total. The molecule has 0 aliphatic carbocycles. The van der Waals surface area contributed by atoms with Gasteiger partial charge >= 0.3 is 0 Å². The first-order valence-electron chi connectivity index (χ1n) is 6.90. The molecule has 0 bridgehead atoms. The molecule has 1 saturated heterocycles. The molecule has 0 saturated carbocycles. The van der Waals surface area contributed by atoms with E-state index in [1.54, 1.807) is 6.07 Å². The van der Waals surface area contributed by atoms with Crippen molar-refractivity contribution in [3.8, 4) is 0 Å². The molecular weight excluding hydrogens is 293 g/mol. The number of halogens is 2. The van der Waals surface area contributed by atoms with Crippen molar-refractivity contribution in [3.63, 3.8) is 0 Å². The second kappa shape index (κ2) is 6.13. The van der Waals surface area contributed by atoms with Gasteiger partial charge in [0.05, 0.1) is 19.3 Å². The Morgan fingerprint density at radius 1 is 1.52 bits per heavy atom. The highest BCUT2D eigenvalue weighted by Gasteiger charge is 2.27. The molecule has 0 radical (unpaired) electrons. The molecule has 0 spiro atoms. The summed E-state index contributed by atoms with van der Waals surface area (Å²) in [5, 5.41) is 0.455. The average Bonchev–Trinajstić information content (AvgIpc) is 2.89. The lowest BCUT2D eigenvalue weighted by Crippen LogP contribution is -2.39. The number of ether oxygens (including phenoxy) is 1. The van der Waals surface area contributed by atoms with Gasteiger partial charge in [0.2, 0.25) is 0 Å². The molecule has 1 fully saturated rings. The first kappa shape index (κ1) is 14.5. The van der Waals surface area contributed by atoms with E-state index in [9.17, 15) is 4.39 Å². The summed E-state index contributed by atoms with van der Waals surface area (Å²) >= 11 is 6.13. The lowest BCUT2D eigenvalue weighted by Gasteiger charge is -2.34. The highest BCUT2D eigenvalue weighted by Crippen LogP contribution is 2.26. The Bertz CT molecular complexity index is 631. The number of H-pyrrole nitrogens is 1. The Morgan fingerprint density at radius 2 is 2.38 bits per heavy atom. The molecule has 1 N–H and O–H groups in total. The third kappa shape index (κ3) is 3.26. The van der Waals surface area contributed by atoms with E-state index in [1.165, 1.54) is 12.1 Å². The van der Waals surface area contributed by atoms with Crippen molar-refractivity contribution in [3.05, 3.63) is 52.3 Å². The van der Waals surface area contributed by atoms with Gasteiger partial charge in [0.25, 0.3) is 0 Å². The number of rotatable bonds is 3. The maximum Gasteiger partial charge on any atom is 0.126 e. The fourth-order valence-corrected chi connectivity index (χ4v) is 2.78. The minimum atomic E-state index is -0.316. The second-order valence-electron chi connectivity index (χ2n) is 5.25. The first-order chi connectivity index (χ1) is 10.1. The monoisotopic (exact) mass is 309 g/mol. The Morgan fingerprint density at radius 3 is 3.10 bits per heavy atom. The topological polar surface area (TPSA) is 41.1 Å². The summed E-state index contributed by atoms with van der Waals surface area (Å²) in [6.45, 7) is 4.67. The van der Waals surface area contributed by atoms with Crippen molar-refractivity contribution in [1.82, 2.24) is 14.9 Å². The van der Waals surface area contributed by atoms with Gasteiger partial charge in [0.15, 0.2) is 0 Å². The minimum absolute atomic E-state index is 0.0635. The SMILES string of the molecule is Cc1cnc([C@@H]2COCCN2Cc2ccc(F)cc2Cl)[nH]1. The summed E-state index contributed by atoms with van der Waals surface area (Å²) in [6, 6.07) is 4.59. The summed E-state index contributed by atoms with van der Waals surface area (Å²) in [6.07, 6.45) is 1.81. The standard InChI is InChI=1S/C15H17ClFN3O/c1-10-7-18-15(19-10)14-9-21-5-4-20(14)8-11-2-3-12(17)6-13(11)16/h2-3,6-7,14H,4-5,8-9H2,1H3,(H,18,19)/t14-/m0/s1. The predicted molar refractivity (Wildman–Crippen MR) is 78.7 cm³/mol. The fraction of sp³-hybridized carbons (Fsp3) is 0.400. The lowest BCUT2D eigenvalue weighted by atomic mass is 10.1. The van der Waals surface area contributed by atoms with Gasteiger partial charge in [-0.3, -0.25) is 4.90 Å². The molecule has 6 heteroatoms. The number of aromatic nitrogens is 2. The van der Waals surface area contributed by atoms with Crippen molar-refractivity contribution < 1.29 is 9.13 Å². The van der Waals surface area contributed by atoms with E-state index >= 15 is 0 Å². The maximum atomic E-state index is 13.1. The molecule has 2 heterocycles. The number of nitrogens with one attached hydrogen (secondary N) is 1. The Balaban J connectivity index is 1.81. The van der Waals surface area contributed by atoms with Gasteiger partial charge in [-0.1, -0.05) is 17.7 Å². The lowest BCUT2D eigenvalue weighted by molar-refractivity contribution is -0.0156. The number of imidazole rings is 1.